The van der Waals surface area contributed by atoms with E-state index in [1.54, 1.807) is 18.2 Å². The van der Waals surface area contributed by atoms with E-state index in [0.29, 0.717) is 15.8 Å². The molecule has 0 saturated carbocycles. The van der Waals surface area contributed by atoms with E-state index >= 15 is 0 Å². The lowest BCUT2D eigenvalue weighted by Gasteiger charge is -2.26. The van der Waals surface area contributed by atoms with E-state index in [-0.39, 0.29) is 11.5 Å². The summed E-state index contributed by atoms with van der Waals surface area (Å²) in [4.78, 5) is 0. The first-order chi connectivity index (χ1) is 9.13. The second kappa shape index (κ2) is 5.02. The van der Waals surface area contributed by atoms with Gasteiger partial charge in [-0.1, -0.05) is 12.1 Å². The lowest BCUT2D eigenvalue weighted by atomic mass is 9.80. The molecule has 0 aromatic heterocycles. The smallest absolute Gasteiger partial charge is 0.205 e. The van der Waals surface area contributed by atoms with Crippen molar-refractivity contribution in [3.63, 3.8) is 0 Å². The molecule has 0 spiro atoms. The number of nitriles is 3. The van der Waals surface area contributed by atoms with E-state index in [1.165, 1.54) is 0 Å². The molecule has 1 unspecified atom stereocenters. The van der Waals surface area contributed by atoms with Crippen LogP contribution in [0.4, 0.5) is 0 Å². The predicted molar refractivity (Wildman–Crippen MR) is 69.1 cm³/mol. The molecule has 0 saturated heterocycles. The quantitative estimate of drug-likeness (QED) is 0.855. The fraction of sp³-hybridized carbons (Fsp3) is 0.154. The van der Waals surface area contributed by atoms with Gasteiger partial charge in [0.15, 0.2) is 0 Å². The maximum absolute atomic E-state index is 9.17. The van der Waals surface area contributed by atoms with Crippen molar-refractivity contribution in [3.8, 4) is 24.0 Å². The van der Waals surface area contributed by atoms with Crippen molar-refractivity contribution in [3.05, 3.63) is 39.7 Å². The molecule has 2 rings (SSSR count). The Labute approximate surface area is 118 Å². The van der Waals surface area contributed by atoms with Gasteiger partial charge in [-0.25, -0.2) is 0 Å². The highest BCUT2D eigenvalue weighted by Crippen LogP contribution is 2.44. The second-order valence-electron chi connectivity index (χ2n) is 3.86. The van der Waals surface area contributed by atoms with Crippen molar-refractivity contribution in [2.45, 2.75) is 5.92 Å². The summed E-state index contributed by atoms with van der Waals surface area (Å²) in [6.07, 6.45) is 0. The van der Waals surface area contributed by atoms with Gasteiger partial charge in [-0.2, -0.15) is 15.8 Å². The van der Waals surface area contributed by atoms with Crippen LogP contribution in [0.3, 0.4) is 0 Å². The van der Waals surface area contributed by atoms with Gasteiger partial charge in [-0.05, 0) is 22.0 Å². The molecule has 92 valence electrons. The van der Waals surface area contributed by atoms with Crippen LogP contribution in [-0.2, 0) is 0 Å². The average molecular weight is 315 g/mol. The van der Waals surface area contributed by atoms with Crippen molar-refractivity contribution < 1.29 is 4.74 Å². The Kier molecular flexibility index (Phi) is 3.42. The molecule has 1 aromatic carbocycles. The fourth-order valence-electron chi connectivity index (χ4n) is 2.00. The summed E-state index contributed by atoms with van der Waals surface area (Å²) in [5, 5.41) is 27.3. The first kappa shape index (κ1) is 13.0. The zero-order valence-electron chi connectivity index (χ0n) is 9.59. The number of rotatable bonds is 1. The number of fused-ring (bicyclic) bond motifs is 1. The van der Waals surface area contributed by atoms with Gasteiger partial charge in [0.1, 0.15) is 17.7 Å². The number of benzene rings is 1. The SMILES string of the molecule is N#CC1=C(N)Oc2c(Br)cccc2C1C(C#N)C#N. The Morgan fingerprint density at radius 3 is 2.53 bits per heavy atom. The monoisotopic (exact) mass is 314 g/mol. The normalized spacial score (nSPS) is 16.9. The van der Waals surface area contributed by atoms with Crippen LogP contribution >= 0.6 is 15.9 Å². The van der Waals surface area contributed by atoms with E-state index < -0.39 is 11.8 Å². The van der Waals surface area contributed by atoms with Gasteiger partial charge in [-0.15, -0.1) is 0 Å². The predicted octanol–water partition coefficient (Wildman–Crippen LogP) is 2.28. The summed E-state index contributed by atoms with van der Waals surface area (Å²) in [5.41, 5.74) is 6.42. The van der Waals surface area contributed by atoms with Gasteiger partial charge in [0.05, 0.1) is 28.1 Å². The van der Waals surface area contributed by atoms with Gasteiger partial charge in [-0.3, -0.25) is 0 Å². The summed E-state index contributed by atoms with van der Waals surface area (Å²) < 4.78 is 6.06. The molecule has 1 atom stereocenters. The highest BCUT2D eigenvalue weighted by atomic mass is 79.9. The van der Waals surface area contributed by atoms with Gasteiger partial charge in [0.25, 0.3) is 0 Å². The molecule has 1 aliphatic heterocycles. The van der Waals surface area contributed by atoms with Crippen molar-refractivity contribution >= 4 is 15.9 Å². The van der Waals surface area contributed by atoms with Crippen LogP contribution in [0.2, 0.25) is 0 Å². The fourth-order valence-corrected chi connectivity index (χ4v) is 2.46. The number of nitrogens with two attached hydrogens (primary N) is 1. The molecule has 1 heterocycles. The third-order valence-corrected chi connectivity index (χ3v) is 3.48. The molecule has 5 nitrogen and oxygen atoms in total. The lowest BCUT2D eigenvalue weighted by molar-refractivity contribution is 0.381. The lowest BCUT2D eigenvalue weighted by Crippen LogP contribution is -2.24. The second-order valence-corrected chi connectivity index (χ2v) is 4.72. The Balaban J connectivity index is 2.70. The third-order valence-electron chi connectivity index (χ3n) is 2.85. The summed E-state index contributed by atoms with van der Waals surface area (Å²) >= 11 is 3.32. The van der Waals surface area contributed by atoms with Gasteiger partial charge < -0.3 is 10.5 Å². The van der Waals surface area contributed by atoms with E-state index in [1.807, 2.05) is 18.2 Å². The van der Waals surface area contributed by atoms with E-state index in [9.17, 15) is 0 Å². The van der Waals surface area contributed by atoms with Crippen LogP contribution < -0.4 is 10.5 Å². The first-order valence-corrected chi connectivity index (χ1v) is 6.08. The molecule has 19 heavy (non-hydrogen) atoms. The maximum atomic E-state index is 9.17. The minimum Gasteiger partial charge on any atom is -0.439 e. The Morgan fingerprint density at radius 1 is 1.26 bits per heavy atom. The first-order valence-electron chi connectivity index (χ1n) is 5.29. The van der Waals surface area contributed by atoms with Crippen molar-refractivity contribution in [2.24, 2.45) is 11.7 Å². The molecular formula is C13H7BrN4O. The van der Waals surface area contributed by atoms with Crippen LogP contribution in [0.5, 0.6) is 5.75 Å². The van der Waals surface area contributed by atoms with E-state index in [0.717, 1.165) is 0 Å². The number of nitrogens with zero attached hydrogens (tertiary/aromatic N) is 3. The minimum atomic E-state index is -0.995. The molecule has 0 amide bonds. The highest BCUT2D eigenvalue weighted by Gasteiger charge is 2.36. The number of hydrogen-bond acceptors (Lipinski definition) is 5. The van der Waals surface area contributed by atoms with Crippen LogP contribution in [0.25, 0.3) is 0 Å². The van der Waals surface area contributed by atoms with Gasteiger partial charge >= 0.3 is 0 Å². The third kappa shape index (κ3) is 2.01. The molecule has 1 aliphatic rings. The van der Waals surface area contributed by atoms with E-state index in [2.05, 4.69) is 15.9 Å². The van der Waals surface area contributed by atoms with Gasteiger partial charge in [0, 0.05) is 5.56 Å². The Morgan fingerprint density at radius 2 is 1.95 bits per heavy atom. The molecule has 1 aromatic rings. The number of ether oxygens (including phenoxy) is 1. The maximum Gasteiger partial charge on any atom is 0.205 e. The zero-order chi connectivity index (χ0) is 14.0. The minimum absolute atomic E-state index is 0.0672. The highest BCUT2D eigenvalue weighted by molar-refractivity contribution is 9.10. The van der Waals surface area contributed by atoms with E-state index in [4.69, 9.17) is 26.3 Å². The topological polar surface area (TPSA) is 107 Å². The van der Waals surface area contributed by atoms with Crippen LogP contribution in [0.15, 0.2) is 34.1 Å². The van der Waals surface area contributed by atoms with Crippen molar-refractivity contribution in [2.75, 3.05) is 0 Å². The zero-order valence-corrected chi connectivity index (χ0v) is 11.2. The Hall–Kier alpha value is -2.49. The molecule has 2 N–H and O–H groups in total. The summed E-state index contributed by atoms with van der Waals surface area (Å²) in [5.74, 6) is -1.31. The number of hydrogen-bond donors (Lipinski definition) is 1. The summed E-state index contributed by atoms with van der Waals surface area (Å²) in [6.45, 7) is 0. The Bertz CT molecular complexity index is 676. The van der Waals surface area contributed by atoms with Crippen molar-refractivity contribution in [1.29, 1.82) is 15.8 Å². The molecule has 0 bridgehead atoms. The molecular weight excluding hydrogens is 308 g/mol. The standard InChI is InChI=1S/C13H7BrN4O/c14-10-3-1-2-8-11(7(4-15)5-16)9(6-17)13(18)19-12(8)10/h1-3,7,11H,18H2. The van der Waals surface area contributed by atoms with Crippen LogP contribution in [0.1, 0.15) is 11.5 Å². The summed E-state index contributed by atoms with van der Waals surface area (Å²) in [6, 6.07) is 10.9. The number of allylic oxidation sites excluding steroid dienone is 1. The van der Waals surface area contributed by atoms with Crippen LogP contribution in [0, 0.1) is 39.9 Å². The van der Waals surface area contributed by atoms with Crippen LogP contribution in [-0.4, -0.2) is 0 Å². The average Bonchev–Trinajstić information content (AvgIpc) is 2.41. The number of halogens is 1. The molecule has 6 heteroatoms. The largest absolute Gasteiger partial charge is 0.439 e. The molecule has 0 fully saturated rings. The van der Waals surface area contributed by atoms with Gasteiger partial charge in [0.2, 0.25) is 5.88 Å². The molecule has 0 radical (unpaired) electrons. The number of para-hydroxylation sites is 1. The summed E-state index contributed by atoms with van der Waals surface area (Å²) in [7, 11) is 0. The van der Waals surface area contributed by atoms with Crippen molar-refractivity contribution in [1.82, 2.24) is 0 Å². The molecule has 0 aliphatic carbocycles.